The predicted molar refractivity (Wildman–Crippen MR) is 116 cm³/mol. The summed E-state index contributed by atoms with van der Waals surface area (Å²) >= 11 is 7.60. The molecule has 0 aliphatic carbocycles. The summed E-state index contributed by atoms with van der Waals surface area (Å²) in [6.07, 6.45) is 1.45. The van der Waals surface area contributed by atoms with Gasteiger partial charge in [-0.2, -0.15) is 0 Å². The van der Waals surface area contributed by atoms with E-state index in [2.05, 4.69) is 4.98 Å². The van der Waals surface area contributed by atoms with E-state index in [1.165, 1.54) is 34.4 Å². The fourth-order valence-corrected chi connectivity index (χ4v) is 4.56. The minimum absolute atomic E-state index is 0.0187. The molecule has 0 amide bonds. The highest BCUT2D eigenvalue weighted by molar-refractivity contribution is 7.19. The van der Waals surface area contributed by atoms with E-state index in [0.29, 0.717) is 16.8 Å². The summed E-state index contributed by atoms with van der Waals surface area (Å²) in [7, 11) is 0. The minimum Gasteiger partial charge on any atom is -0.494 e. The topological polar surface area (TPSA) is 44.1 Å². The zero-order chi connectivity index (χ0) is 20.5. The maximum absolute atomic E-state index is 14.2. The Labute approximate surface area is 176 Å². The minimum atomic E-state index is -0.447. The van der Waals surface area contributed by atoms with Gasteiger partial charge in [-0.1, -0.05) is 29.8 Å². The lowest BCUT2D eigenvalue weighted by molar-refractivity contribution is 0.340. The molecule has 0 N–H and O–H groups in total. The van der Waals surface area contributed by atoms with Crippen molar-refractivity contribution in [3.63, 3.8) is 0 Å². The molecular formula is C22H18ClFN2O2S. The van der Waals surface area contributed by atoms with E-state index in [1.807, 2.05) is 38.1 Å². The van der Waals surface area contributed by atoms with Crippen molar-refractivity contribution in [1.29, 1.82) is 0 Å². The van der Waals surface area contributed by atoms with E-state index >= 15 is 0 Å². The van der Waals surface area contributed by atoms with Gasteiger partial charge in [0.25, 0.3) is 5.56 Å². The summed E-state index contributed by atoms with van der Waals surface area (Å²) in [6, 6.07) is 12.1. The molecule has 2 aromatic carbocycles. The Balaban J connectivity index is 1.84. The summed E-state index contributed by atoms with van der Waals surface area (Å²) in [6.45, 7) is 4.51. The van der Waals surface area contributed by atoms with Gasteiger partial charge in [0.05, 0.1) is 24.9 Å². The van der Waals surface area contributed by atoms with E-state index in [9.17, 15) is 9.18 Å². The summed E-state index contributed by atoms with van der Waals surface area (Å²) in [4.78, 5) is 19.4. The number of nitrogens with zero attached hydrogens (tertiary/aromatic N) is 2. The second-order valence-electron chi connectivity index (χ2n) is 6.55. The van der Waals surface area contributed by atoms with Gasteiger partial charge in [-0.3, -0.25) is 9.36 Å². The third-order valence-electron chi connectivity index (χ3n) is 4.70. The molecule has 4 aromatic rings. The van der Waals surface area contributed by atoms with Crippen LogP contribution >= 0.6 is 22.9 Å². The first-order chi connectivity index (χ1) is 14.0. The number of aromatic nitrogens is 2. The van der Waals surface area contributed by atoms with Gasteiger partial charge in [-0.15, -0.1) is 11.3 Å². The molecule has 0 bridgehead atoms. The number of aryl methyl sites for hydroxylation is 1. The average Bonchev–Trinajstić information content (AvgIpc) is 3.04. The van der Waals surface area contributed by atoms with Gasteiger partial charge in [0.1, 0.15) is 16.4 Å². The highest BCUT2D eigenvalue weighted by Gasteiger charge is 2.18. The Bertz CT molecular complexity index is 1230. The third kappa shape index (κ3) is 3.66. The Morgan fingerprint density at radius 3 is 2.66 bits per heavy atom. The van der Waals surface area contributed by atoms with Gasteiger partial charge in [-0.05, 0) is 43.7 Å². The molecule has 0 radical (unpaired) electrons. The molecular weight excluding hydrogens is 411 g/mol. The largest absolute Gasteiger partial charge is 0.494 e. The van der Waals surface area contributed by atoms with Crippen molar-refractivity contribution in [2.24, 2.45) is 0 Å². The van der Waals surface area contributed by atoms with E-state index in [1.54, 1.807) is 6.07 Å². The molecule has 0 unspecified atom stereocenters. The van der Waals surface area contributed by atoms with Crippen molar-refractivity contribution in [2.45, 2.75) is 20.4 Å². The molecule has 0 saturated heterocycles. The van der Waals surface area contributed by atoms with Gasteiger partial charge < -0.3 is 4.74 Å². The van der Waals surface area contributed by atoms with Gasteiger partial charge in [0, 0.05) is 21.0 Å². The number of halogens is 2. The Morgan fingerprint density at radius 1 is 1.21 bits per heavy atom. The van der Waals surface area contributed by atoms with Crippen molar-refractivity contribution >= 4 is 33.2 Å². The number of hydrogen-bond donors (Lipinski definition) is 0. The van der Waals surface area contributed by atoms with E-state index < -0.39 is 5.82 Å². The third-order valence-corrected chi connectivity index (χ3v) is 6.07. The lowest BCUT2D eigenvalue weighted by atomic mass is 10.0. The van der Waals surface area contributed by atoms with Crippen LogP contribution in [0.3, 0.4) is 0 Å². The Hall–Kier alpha value is -2.70. The lowest BCUT2D eigenvalue weighted by Gasteiger charge is -2.09. The quantitative estimate of drug-likeness (QED) is 0.411. The first kappa shape index (κ1) is 19.6. The van der Waals surface area contributed by atoms with Crippen LogP contribution in [0.15, 0.2) is 53.6 Å². The SMILES string of the molecule is CCOc1ccc(-c2c(C)sc3ncn(Cc4c(F)cccc4Cl)c(=O)c23)cc1. The Morgan fingerprint density at radius 2 is 1.97 bits per heavy atom. The average molecular weight is 429 g/mol. The molecule has 0 aliphatic rings. The summed E-state index contributed by atoms with van der Waals surface area (Å²) in [5.74, 6) is 0.330. The van der Waals surface area contributed by atoms with Crippen LogP contribution in [0.2, 0.25) is 5.02 Å². The van der Waals surface area contributed by atoms with E-state index in [0.717, 1.165) is 21.8 Å². The number of thiophene rings is 1. The Kier molecular flexibility index (Phi) is 5.39. The number of rotatable bonds is 5. The van der Waals surface area contributed by atoms with E-state index in [4.69, 9.17) is 16.3 Å². The van der Waals surface area contributed by atoms with Crippen LogP contribution in [0, 0.1) is 12.7 Å². The van der Waals surface area contributed by atoms with Crippen LogP contribution in [0.25, 0.3) is 21.3 Å². The molecule has 7 heteroatoms. The fourth-order valence-electron chi connectivity index (χ4n) is 3.34. The molecule has 4 nitrogen and oxygen atoms in total. The predicted octanol–water partition coefficient (Wildman–Crippen LogP) is 5.67. The van der Waals surface area contributed by atoms with Gasteiger partial charge in [0.15, 0.2) is 0 Å². The number of hydrogen-bond acceptors (Lipinski definition) is 4. The second kappa shape index (κ2) is 7.97. The van der Waals surface area contributed by atoms with Crippen molar-refractivity contribution in [3.05, 3.63) is 80.4 Å². The molecule has 29 heavy (non-hydrogen) atoms. The summed E-state index contributed by atoms with van der Waals surface area (Å²) in [5.41, 5.74) is 1.81. The van der Waals surface area contributed by atoms with Crippen LogP contribution in [0.5, 0.6) is 5.75 Å². The first-order valence-corrected chi connectivity index (χ1v) is 10.3. The normalized spacial score (nSPS) is 11.2. The molecule has 0 fully saturated rings. The van der Waals surface area contributed by atoms with Crippen molar-refractivity contribution < 1.29 is 9.13 Å². The van der Waals surface area contributed by atoms with E-state index in [-0.39, 0.29) is 22.7 Å². The van der Waals surface area contributed by atoms with Crippen molar-refractivity contribution in [1.82, 2.24) is 9.55 Å². The summed E-state index contributed by atoms with van der Waals surface area (Å²) in [5, 5.41) is 0.817. The highest BCUT2D eigenvalue weighted by atomic mass is 35.5. The van der Waals surface area contributed by atoms with Gasteiger partial charge in [0.2, 0.25) is 0 Å². The first-order valence-electron chi connectivity index (χ1n) is 9.14. The van der Waals surface area contributed by atoms with Crippen LogP contribution in [0.1, 0.15) is 17.4 Å². The van der Waals surface area contributed by atoms with Crippen LogP contribution < -0.4 is 10.3 Å². The molecule has 0 atom stereocenters. The molecule has 4 rings (SSSR count). The number of ether oxygens (including phenoxy) is 1. The molecule has 148 valence electrons. The van der Waals surface area contributed by atoms with Crippen LogP contribution in [-0.4, -0.2) is 16.2 Å². The molecule has 0 spiro atoms. The number of fused-ring (bicyclic) bond motifs is 1. The van der Waals surface area contributed by atoms with Crippen LogP contribution in [-0.2, 0) is 6.54 Å². The maximum atomic E-state index is 14.2. The zero-order valence-corrected chi connectivity index (χ0v) is 17.5. The standard InChI is InChI=1S/C22H18ClFN2O2S/c1-3-28-15-9-7-14(8-10-15)19-13(2)29-21-20(19)22(27)26(12-25-21)11-16-17(23)5-4-6-18(16)24/h4-10,12H,3,11H2,1-2H3. The molecule has 2 aromatic heterocycles. The zero-order valence-electron chi connectivity index (χ0n) is 15.9. The highest BCUT2D eigenvalue weighted by Crippen LogP contribution is 2.36. The van der Waals surface area contributed by atoms with Crippen molar-refractivity contribution in [2.75, 3.05) is 6.61 Å². The molecule has 0 saturated carbocycles. The van der Waals surface area contributed by atoms with Gasteiger partial charge >= 0.3 is 0 Å². The summed E-state index contributed by atoms with van der Waals surface area (Å²) < 4.78 is 21.1. The van der Waals surface area contributed by atoms with Crippen LogP contribution in [0.4, 0.5) is 4.39 Å². The second-order valence-corrected chi connectivity index (χ2v) is 8.16. The lowest BCUT2D eigenvalue weighted by Crippen LogP contribution is -2.21. The number of benzene rings is 2. The fraction of sp³-hybridized carbons (Fsp3) is 0.182. The molecule has 2 heterocycles. The maximum Gasteiger partial charge on any atom is 0.263 e. The van der Waals surface area contributed by atoms with Gasteiger partial charge in [-0.25, -0.2) is 9.37 Å². The monoisotopic (exact) mass is 428 g/mol. The smallest absolute Gasteiger partial charge is 0.263 e. The van der Waals surface area contributed by atoms with Crippen molar-refractivity contribution in [3.8, 4) is 16.9 Å². The molecule has 0 aliphatic heterocycles.